The molecule has 0 aliphatic heterocycles. The molecule has 2 aromatic rings. The zero-order valence-electron chi connectivity index (χ0n) is 15.3. The van der Waals surface area contributed by atoms with Gasteiger partial charge in [0.2, 0.25) is 5.91 Å². The van der Waals surface area contributed by atoms with Gasteiger partial charge in [-0.15, -0.1) is 0 Å². The Kier molecular flexibility index (Phi) is 6.10. The van der Waals surface area contributed by atoms with E-state index in [0.29, 0.717) is 11.3 Å². The van der Waals surface area contributed by atoms with Gasteiger partial charge in [0.25, 0.3) is 0 Å². The summed E-state index contributed by atoms with van der Waals surface area (Å²) in [7, 11) is 0. The van der Waals surface area contributed by atoms with Crippen molar-refractivity contribution in [3.8, 4) is 0 Å². The van der Waals surface area contributed by atoms with Crippen molar-refractivity contribution in [1.29, 1.82) is 0 Å². The number of hydrogen-bond acceptors (Lipinski definition) is 3. The van der Waals surface area contributed by atoms with E-state index in [-0.39, 0.29) is 29.7 Å². The van der Waals surface area contributed by atoms with Gasteiger partial charge in [-0.3, -0.25) is 9.59 Å². The van der Waals surface area contributed by atoms with Crippen LogP contribution in [-0.4, -0.2) is 18.2 Å². The Hall–Kier alpha value is -2.46. The smallest absolute Gasteiger partial charge is 0.238 e. The number of carbonyl (C=O) groups excluding carboxylic acids is 2. The first kappa shape index (κ1) is 18.9. The third kappa shape index (κ3) is 5.54. The van der Waals surface area contributed by atoms with E-state index in [4.69, 9.17) is 0 Å². The third-order valence-corrected chi connectivity index (χ3v) is 4.02. The minimum absolute atomic E-state index is 0.0221. The van der Waals surface area contributed by atoms with Crippen molar-refractivity contribution in [1.82, 2.24) is 5.32 Å². The maximum absolute atomic E-state index is 12.3. The zero-order chi connectivity index (χ0) is 18.4. The highest BCUT2D eigenvalue weighted by Crippen LogP contribution is 2.32. The molecule has 2 rings (SSSR count). The number of carbonyl (C=O) groups is 2. The number of hydrogen-bond donors (Lipinski definition) is 2. The van der Waals surface area contributed by atoms with Gasteiger partial charge in [0.1, 0.15) is 0 Å². The van der Waals surface area contributed by atoms with Crippen molar-refractivity contribution in [3.05, 3.63) is 65.7 Å². The maximum Gasteiger partial charge on any atom is 0.238 e. The van der Waals surface area contributed by atoms with Crippen LogP contribution in [0.5, 0.6) is 0 Å². The van der Waals surface area contributed by atoms with Gasteiger partial charge in [0, 0.05) is 17.3 Å². The lowest BCUT2D eigenvalue weighted by Crippen LogP contribution is -2.37. The summed E-state index contributed by atoms with van der Waals surface area (Å²) < 4.78 is 0. The average Bonchev–Trinajstić information content (AvgIpc) is 2.55. The second kappa shape index (κ2) is 8.08. The molecule has 0 saturated heterocycles. The number of nitrogens with one attached hydrogen (secondary N) is 2. The molecular weight excluding hydrogens is 312 g/mol. The summed E-state index contributed by atoms with van der Waals surface area (Å²) in [5, 5.41) is 6.20. The standard InChI is InChI=1S/C21H26N2O2/c1-15(24)17-11-8-12-18(13-17)23-19(25)14-22-20(21(2,3)4)16-9-6-5-7-10-16/h5-13,20,22H,14H2,1-4H3,(H,23,25). The maximum atomic E-state index is 12.3. The Labute approximate surface area is 149 Å². The van der Waals surface area contributed by atoms with Crippen LogP contribution < -0.4 is 10.6 Å². The summed E-state index contributed by atoms with van der Waals surface area (Å²) >= 11 is 0. The fraction of sp³-hybridized carbons (Fsp3) is 0.333. The second-order valence-corrected chi connectivity index (χ2v) is 7.28. The minimum Gasteiger partial charge on any atom is -0.325 e. The first-order valence-corrected chi connectivity index (χ1v) is 8.46. The summed E-state index contributed by atoms with van der Waals surface area (Å²) in [5.74, 6) is -0.156. The van der Waals surface area contributed by atoms with E-state index in [2.05, 4.69) is 43.5 Å². The first-order valence-electron chi connectivity index (χ1n) is 8.46. The molecule has 0 heterocycles. The van der Waals surface area contributed by atoms with Crippen LogP contribution in [0.25, 0.3) is 0 Å². The highest BCUT2D eigenvalue weighted by molar-refractivity contribution is 5.97. The number of amides is 1. The summed E-state index contributed by atoms with van der Waals surface area (Å²) in [6.45, 7) is 8.14. The Balaban J connectivity index is 2.02. The van der Waals surface area contributed by atoms with Gasteiger partial charge in [-0.1, -0.05) is 63.2 Å². The van der Waals surface area contributed by atoms with Crippen molar-refractivity contribution < 1.29 is 9.59 Å². The van der Waals surface area contributed by atoms with Crippen LogP contribution in [0.4, 0.5) is 5.69 Å². The normalized spacial score (nSPS) is 12.5. The Morgan fingerprint density at radius 3 is 2.28 bits per heavy atom. The average molecular weight is 338 g/mol. The van der Waals surface area contributed by atoms with E-state index in [1.54, 1.807) is 24.3 Å². The highest BCUT2D eigenvalue weighted by atomic mass is 16.2. The molecule has 2 N–H and O–H groups in total. The van der Waals surface area contributed by atoms with Crippen LogP contribution in [0.15, 0.2) is 54.6 Å². The van der Waals surface area contributed by atoms with E-state index in [1.807, 2.05) is 18.2 Å². The summed E-state index contributed by atoms with van der Waals surface area (Å²) in [6, 6.07) is 17.2. The van der Waals surface area contributed by atoms with Crippen molar-refractivity contribution in [2.45, 2.75) is 33.7 Å². The fourth-order valence-corrected chi connectivity index (χ4v) is 2.79. The quantitative estimate of drug-likeness (QED) is 0.776. The predicted molar refractivity (Wildman–Crippen MR) is 102 cm³/mol. The van der Waals surface area contributed by atoms with Crippen molar-refractivity contribution in [3.63, 3.8) is 0 Å². The first-order chi connectivity index (χ1) is 11.8. The molecule has 25 heavy (non-hydrogen) atoms. The summed E-state index contributed by atoms with van der Waals surface area (Å²) in [5.41, 5.74) is 2.34. The number of Topliss-reactive ketones (excluding diaryl/α,β-unsaturated/α-hetero) is 1. The molecular formula is C21H26N2O2. The topological polar surface area (TPSA) is 58.2 Å². The predicted octanol–water partition coefficient (Wildman–Crippen LogP) is 4.20. The lowest BCUT2D eigenvalue weighted by atomic mass is 9.82. The molecule has 0 spiro atoms. The largest absolute Gasteiger partial charge is 0.325 e. The molecule has 0 fully saturated rings. The minimum atomic E-state index is -0.133. The molecule has 4 nitrogen and oxygen atoms in total. The van der Waals surface area contributed by atoms with Gasteiger partial charge in [-0.25, -0.2) is 0 Å². The second-order valence-electron chi connectivity index (χ2n) is 7.28. The summed E-state index contributed by atoms with van der Waals surface area (Å²) in [6.07, 6.45) is 0. The van der Waals surface area contributed by atoms with Crippen LogP contribution in [0.3, 0.4) is 0 Å². The lowest BCUT2D eigenvalue weighted by molar-refractivity contribution is -0.115. The molecule has 0 radical (unpaired) electrons. The Bertz CT molecular complexity index is 733. The molecule has 1 atom stereocenters. The number of rotatable bonds is 6. The Morgan fingerprint density at radius 1 is 1.00 bits per heavy atom. The van der Waals surface area contributed by atoms with Crippen LogP contribution in [-0.2, 0) is 4.79 Å². The number of benzene rings is 2. The molecule has 0 aromatic heterocycles. The van der Waals surface area contributed by atoms with E-state index in [0.717, 1.165) is 5.56 Å². The third-order valence-electron chi connectivity index (χ3n) is 4.02. The van der Waals surface area contributed by atoms with Gasteiger partial charge in [-0.05, 0) is 30.0 Å². The van der Waals surface area contributed by atoms with E-state index in [9.17, 15) is 9.59 Å². The van der Waals surface area contributed by atoms with Crippen LogP contribution in [0, 0.1) is 5.41 Å². The van der Waals surface area contributed by atoms with Crippen LogP contribution >= 0.6 is 0 Å². The lowest BCUT2D eigenvalue weighted by Gasteiger charge is -2.32. The number of ketones is 1. The van der Waals surface area contributed by atoms with Crippen LogP contribution in [0.1, 0.15) is 49.7 Å². The Morgan fingerprint density at radius 2 is 1.68 bits per heavy atom. The van der Waals surface area contributed by atoms with Gasteiger partial charge >= 0.3 is 0 Å². The number of anilines is 1. The van der Waals surface area contributed by atoms with Crippen molar-refractivity contribution >= 4 is 17.4 Å². The molecule has 2 aromatic carbocycles. The molecule has 1 unspecified atom stereocenters. The van der Waals surface area contributed by atoms with Gasteiger partial charge in [0.05, 0.1) is 6.54 Å². The van der Waals surface area contributed by atoms with Gasteiger partial charge in [0.15, 0.2) is 5.78 Å². The van der Waals surface area contributed by atoms with Gasteiger partial charge < -0.3 is 10.6 Å². The highest BCUT2D eigenvalue weighted by Gasteiger charge is 2.26. The molecule has 0 aliphatic rings. The molecule has 1 amide bonds. The van der Waals surface area contributed by atoms with E-state index in [1.165, 1.54) is 6.92 Å². The van der Waals surface area contributed by atoms with Crippen molar-refractivity contribution in [2.75, 3.05) is 11.9 Å². The molecule has 0 bridgehead atoms. The monoisotopic (exact) mass is 338 g/mol. The molecule has 132 valence electrons. The van der Waals surface area contributed by atoms with E-state index >= 15 is 0 Å². The van der Waals surface area contributed by atoms with Crippen LogP contribution in [0.2, 0.25) is 0 Å². The SMILES string of the molecule is CC(=O)c1cccc(NC(=O)CNC(c2ccccc2)C(C)(C)C)c1. The summed E-state index contributed by atoms with van der Waals surface area (Å²) in [4.78, 5) is 23.7. The molecule has 4 heteroatoms. The molecule has 0 saturated carbocycles. The molecule has 0 aliphatic carbocycles. The fourth-order valence-electron chi connectivity index (χ4n) is 2.79. The van der Waals surface area contributed by atoms with Crippen molar-refractivity contribution in [2.24, 2.45) is 5.41 Å². The zero-order valence-corrected chi connectivity index (χ0v) is 15.3. The van der Waals surface area contributed by atoms with Gasteiger partial charge in [-0.2, -0.15) is 0 Å². The van der Waals surface area contributed by atoms with E-state index < -0.39 is 0 Å².